The molecule has 7 nitrogen and oxygen atoms in total. The lowest BCUT2D eigenvalue weighted by Gasteiger charge is -2.32. The Hall–Kier alpha value is -3.19. The number of nitrogens with zero attached hydrogens (tertiary/aromatic N) is 5. The number of allylic oxidation sites excluding steroid dienone is 1. The summed E-state index contributed by atoms with van der Waals surface area (Å²) in [6.07, 6.45) is 2.95. The third kappa shape index (κ3) is 4.00. The number of rotatable bonds is 6. The van der Waals surface area contributed by atoms with Gasteiger partial charge in [-0.2, -0.15) is 4.68 Å². The van der Waals surface area contributed by atoms with Gasteiger partial charge in [-0.1, -0.05) is 66.1 Å². The lowest BCUT2D eigenvalue weighted by molar-refractivity contribution is -0.119. The molecule has 0 spiro atoms. The number of hydrogen-bond donors (Lipinski definition) is 1. The highest BCUT2D eigenvalue weighted by Crippen LogP contribution is 2.36. The van der Waals surface area contributed by atoms with Crippen LogP contribution in [0.2, 0.25) is 5.02 Å². The summed E-state index contributed by atoms with van der Waals surface area (Å²) in [4.78, 5) is 14.3. The molecule has 0 saturated carbocycles. The molecule has 1 amide bonds. The summed E-state index contributed by atoms with van der Waals surface area (Å²) in [5.41, 5.74) is 2.86. The molecule has 0 saturated heterocycles. The van der Waals surface area contributed by atoms with Crippen molar-refractivity contribution in [3.63, 3.8) is 0 Å². The molecule has 2 heterocycles. The van der Waals surface area contributed by atoms with Crippen molar-refractivity contribution in [2.24, 2.45) is 0 Å². The fraction of sp³-hybridized carbons (Fsp3) is 0.238. The number of carbonyl (C=O) groups is 1. The zero-order valence-electron chi connectivity index (χ0n) is 16.0. The Morgan fingerprint density at radius 2 is 1.90 bits per heavy atom. The highest BCUT2D eigenvalue weighted by molar-refractivity contribution is 6.30. The van der Waals surface area contributed by atoms with Gasteiger partial charge in [0.25, 0.3) is 5.95 Å². The maximum Gasteiger partial charge on any atom is 0.251 e. The van der Waals surface area contributed by atoms with E-state index in [4.69, 9.17) is 11.6 Å². The average molecular weight is 409 g/mol. The van der Waals surface area contributed by atoms with Crippen molar-refractivity contribution in [1.82, 2.24) is 25.5 Å². The van der Waals surface area contributed by atoms with E-state index in [9.17, 15) is 4.79 Å². The monoisotopic (exact) mass is 408 g/mol. The topological polar surface area (TPSA) is 75.9 Å². The standard InChI is InChI=1S/C21H21ClN6O/c1-2-12-23-20(29)14-27-18(16-8-10-17(22)11-9-16)13-19(15-6-4-3-5-7-15)28-21(27)24-25-26-28/h3-11,13,19H,2,12,14H2,1H3,(H,23,29)/t19-/m1/s1. The van der Waals surface area contributed by atoms with Gasteiger partial charge in [0.15, 0.2) is 0 Å². The van der Waals surface area contributed by atoms with Crippen LogP contribution in [0.5, 0.6) is 0 Å². The second kappa shape index (κ2) is 8.45. The first-order chi connectivity index (χ1) is 14.2. The van der Waals surface area contributed by atoms with Crippen LogP contribution in [0, 0.1) is 0 Å². The molecule has 0 aliphatic carbocycles. The highest BCUT2D eigenvalue weighted by Gasteiger charge is 2.31. The molecule has 3 aromatic rings. The highest BCUT2D eigenvalue weighted by atomic mass is 35.5. The number of fused-ring (bicyclic) bond motifs is 1. The van der Waals surface area contributed by atoms with Crippen LogP contribution >= 0.6 is 11.6 Å². The lowest BCUT2D eigenvalue weighted by atomic mass is 10.0. The smallest absolute Gasteiger partial charge is 0.251 e. The number of tetrazole rings is 1. The predicted molar refractivity (Wildman–Crippen MR) is 112 cm³/mol. The molecule has 0 unspecified atom stereocenters. The van der Waals surface area contributed by atoms with Gasteiger partial charge in [-0.25, -0.2) is 0 Å². The Labute approximate surface area is 174 Å². The normalized spacial score (nSPS) is 15.6. The lowest BCUT2D eigenvalue weighted by Crippen LogP contribution is -2.40. The van der Waals surface area contributed by atoms with Crippen LogP contribution in [0.15, 0.2) is 60.7 Å². The molecule has 1 N–H and O–H groups in total. The zero-order valence-corrected chi connectivity index (χ0v) is 16.8. The summed E-state index contributed by atoms with van der Waals surface area (Å²) < 4.78 is 1.74. The van der Waals surface area contributed by atoms with Crippen molar-refractivity contribution >= 4 is 29.2 Å². The van der Waals surface area contributed by atoms with Gasteiger partial charge in [0.1, 0.15) is 12.6 Å². The number of halogens is 1. The summed E-state index contributed by atoms with van der Waals surface area (Å²) in [7, 11) is 0. The van der Waals surface area contributed by atoms with Gasteiger partial charge in [-0.05, 0) is 46.2 Å². The van der Waals surface area contributed by atoms with E-state index in [1.807, 2.05) is 66.4 Å². The van der Waals surface area contributed by atoms with Crippen LogP contribution in [0.3, 0.4) is 0 Å². The first-order valence-electron chi connectivity index (χ1n) is 9.52. The van der Waals surface area contributed by atoms with Crippen molar-refractivity contribution in [2.75, 3.05) is 18.0 Å². The van der Waals surface area contributed by atoms with E-state index >= 15 is 0 Å². The van der Waals surface area contributed by atoms with Crippen molar-refractivity contribution in [1.29, 1.82) is 0 Å². The van der Waals surface area contributed by atoms with Crippen molar-refractivity contribution in [2.45, 2.75) is 19.4 Å². The fourth-order valence-electron chi connectivity index (χ4n) is 3.34. The van der Waals surface area contributed by atoms with E-state index < -0.39 is 0 Å². The minimum absolute atomic E-state index is 0.0839. The number of benzene rings is 2. The zero-order chi connectivity index (χ0) is 20.2. The van der Waals surface area contributed by atoms with E-state index in [1.165, 1.54) is 0 Å². The van der Waals surface area contributed by atoms with Gasteiger partial charge >= 0.3 is 0 Å². The third-order valence-corrected chi connectivity index (χ3v) is 4.99. The number of amides is 1. The number of carbonyl (C=O) groups excluding carboxylic acids is 1. The molecule has 4 rings (SSSR count). The van der Waals surface area contributed by atoms with Crippen LogP contribution in [-0.4, -0.2) is 39.2 Å². The number of anilines is 1. The molecule has 0 radical (unpaired) electrons. The molecule has 0 fully saturated rings. The van der Waals surface area contributed by atoms with Gasteiger partial charge in [0.05, 0.1) is 5.70 Å². The maximum atomic E-state index is 12.5. The number of aromatic nitrogens is 4. The minimum atomic E-state index is -0.179. The van der Waals surface area contributed by atoms with Crippen molar-refractivity contribution < 1.29 is 4.79 Å². The maximum absolute atomic E-state index is 12.5. The van der Waals surface area contributed by atoms with E-state index in [1.54, 1.807) is 4.68 Å². The van der Waals surface area contributed by atoms with E-state index in [0.717, 1.165) is 23.2 Å². The summed E-state index contributed by atoms with van der Waals surface area (Å²) in [6.45, 7) is 2.77. The van der Waals surface area contributed by atoms with Gasteiger partial charge in [0.2, 0.25) is 5.91 Å². The largest absolute Gasteiger partial charge is 0.355 e. The SMILES string of the molecule is CCCNC(=O)CN1C(c2ccc(Cl)cc2)=C[C@H](c2ccccc2)n2nnnc21. The summed E-state index contributed by atoms with van der Waals surface area (Å²) >= 11 is 6.08. The van der Waals surface area contributed by atoms with E-state index in [-0.39, 0.29) is 18.5 Å². The average Bonchev–Trinajstić information content (AvgIpc) is 3.24. The fourth-order valence-corrected chi connectivity index (χ4v) is 3.47. The second-order valence-electron chi connectivity index (χ2n) is 6.77. The Bertz CT molecular complexity index is 1020. The van der Waals surface area contributed by atoms with Gasteiger partial charge in [-0.3, -0.25) is 9.69 Å². The van der Waals surface area contributed by atoms with Crippen molar-refractivity contribution in [3.05, 3.63) is 76.8 Å². The van der Waals surface area contributed by atoms with Crippen LogP contribution in [0.1, 0.15) is 30.5 Å². The van der Waals surface area contributed by atoms with Crippen molar-refractivity contribution in [3.8, 4) is 0 Å². The Morgan fingerprint density at radius 3 is 2.62 bits per heavy atom. The molecule has 0 bridgehead atoms. The van der Waals surface area contributed by atoms with Gasteiger partial charge in [0, 0.05) is 11.6 Å². The quantitative estimate of drug-likeness (QED) is 0.677. The van der Waals surface area contributed by atoms with Gasteiger partial charge in [-0.15, -0.1) is 0 Å². The second-order valence-corrected chi connectivity index (χ2v) is 7.21. The van der Waals surface area contributed by atoms with Crippen LogP contribution in [0.4, 0.5) is 5.95 Å². The molecular formula is C21H21ClN6O. The minimum Gasteiger partial charge on any atom is -0.355 e. The summed E-state index contributed by atoms with van der Waals surface area (Å²) in [5, 5.41) is 15.9. The molecule has 148 valence electrons. The van der Waals surface area contributed by atoms with Crippen LogP contribution in [-0.2, 0) is 4.79 Å². The molecule has 1 aliphatic rings. The molecule has 8 heteroatoms. The Kier molecular flexibility index (Phi) is 5.57. The predicted octanol–water partition coefficient (Wildman–Crippen LogP) is 3.30. The summed E-state index contributed by atoms with van der Waals surface area (Å²) in [6, 6.07) is 17.4. The summed E-state index contributed by atoms with van der Waals surface area (Å²) in [5.74, 6) is 0.442. The van der Waals surface area contributed by atoms with Crippen LogP contribution < -0.4 is 10.2 Å². The molecule has 2 aromatic carbocycles. The third-order valence-electron chi connectivity index (χ3n) is 4.74. The molecule has 1 aromatic heterocycles. The van der Waals surface area contributed by atoms with Gasteiger partial charge < -0.3 is 5.32 Å². The molecule has 29 heavy (non-hydrogen) atoms. The van der Waals surface area contributed by atoms with Crippen LogP contribution in [0.25, 0.3) is 5.70 Å². The molecule has 1 atom stereocenters. The first-order valence-corrected chi connectivity index (χ1v) is 9.90. The number of nitrogens with one attached hydrogen (secondary N) is 1. The molecular weight excluding hydrogens is 388 g/mol. The van der Waals surface area contributed by atoms with E-state index in [2.05, 4.69) is 26.9 Å². The first kappa shape index (κ1) is 19.1. The molecule has 1 aliphatic heterocycles. The Balaban J connectivity index is 1.78. The Morgan fingerprint density at radius 1 is 1.14 bits per heavy atom. The van der Waals surface area contributed by atoms with E-state index in [0.29, 0.717) is 17.5 Å². The number of hydrogen-bond acceptors (Lipinski definition) is 5.